The van der Waals surface area contributed by atoms with Crippen LogP contribution in [0.1, 0.15) is 65.1 Å². The summed E-state index contributed by atoms with van der Waals surface area (Å²) in [5.74, 6) is -3.92. The molecule has 0 saturated heterocycles. The van der Waals surface area contributed by atoms with Crippen LogP contribution < -0.4 is 5.32 Å². The van der Waals surface area contributed by atoms with Crippen LogP contribution in [0.3, 0.4) is 0 Å². The second-order valence-corrected chi connectivity index (χ2v) is 5.35. The van der Waals surface area contributed by atoms with E-state index in [0.29, 0.717) is 0 Å². The van der Waals surface area contributed by atoms with Crippen molar-refractivity contribution in [2.45, 2.75) is 54.6 Å². The topological polar surface area (TPSA) is 130 Å². The summed E-state index contributed by atoms with van der Waals surface area (Å²) in [7, 11) is 0. The summed E-state index contributed by atoms with van der Waals surface area (Å²) in [5.41, 5.74) is 0.272. The quantitative estimate of drug-likeness (QED) is 0.682. The molecular formula is C18H25NO7. The van der Waals surface area contributed by atoms with Gasteiger partial charge in [0.1, 0.15) is 0 Å². The van der Waals surface area contributed by atoms with E-state index in [-0.39, 0.29) is 33.5 Å². The molecule has 0 spiro atoms. The maximum absolute atomic E-state index is 12.1. The van der Waals surface area contributed by atoms with Gasteiger partial charge in [-0.05, 0) is 44.4 Å². The van der Waals surface area contributed by atoms with Crippen LogP contribution in [0.15, 0.2) is 0 Å². The third kappa shape index (κ3) is 5.05. The Morgan fingerprint density at radius 1 is 0.885 bits per heavy atom. The van der Waals surface area contributed by atoms with E-state index >= 15 is 0 Å². The number of benzene rings is 1. The van der Waals surface area contributed by atoms with Gasteiger partial charge >= 0.3 is 17.9 Å². The number of ether oxygens (including phenoxy) is 1. The number of rotatable bonds is 5. The van der Waals surface area contributed by atoms with Crippen molar-refractivity contribution in [2.75, 3.05) is 5.32 Å². The first kappa shape index (κ1) is 23.1. The molecular weight excluding hydrogens is 342 g/mol. The van der Waals surface area contributed by atoms with Gasteiger partial charge in [0.15, 0.2) is 6.10 Å². The van der Waals surface area contributed by atoms with Gasteiger partial charge in [-0.15, -0.1) is 0 Å². The number of aromatic carboxylic acids is 2. The minimum Gasteiger partial charge on any atom is -0.478 e. The zero-order valence-corrected chi connectivity index (χ0v) is 16.0. The average molecular weight is 367 g/mol. The Morgan fingerprint density at radius 2 is 1.27 bits per heavy atom. The number of nitrogens with one attached hydrogen (secondary N) is 1. The minimum absolute atomic E-state index is 0.0828. The van der Waals surface area contributed by atoms with Crippen molar-refractivity contribution in [2.24, 2.45) is 0 Å². The molecule has 1 aromatic rings. The van der Waals surface area contributed by atoms with Crippen LogP contribution in [-0.4, -0.2) is 40.1 Å². The number of carbonyl (C=O) groups excluding carboxylic acids is 2. The molecule has 3 N–H and O–H groups in total. The molecule has 1 atom stereocenters. The van der Waals surface area contributed by atoms with Gasteiger partial charge < -0.3 is 20.3 Å². The van der Waals surface area contributed by atoms with Crippen LogP contribution in [0.5, 0.6) is 0 Å². The predicted octanol–water partition coefficient (Wildman–Crippen LogP) is 2.92. The fourth-order valence-corrected chi connectivity index (χ4v) is 2.58. The molecule has 8 heteroatoms. The highest BCUT2D eigenvalue weighted by Crippen LogP contribution is 2.31. The van der Waals surface area contributed by atoms with E-state index in [1.165, 1.54) is 27.7 Å². The van der Waals surface area contributed by atoms with E-state index < -0.39 is 29.9 Å². The molecule has 1 rings (SSSR count). The molecule has 1 amide bonds. The summed E-state index contributed by atoms with van der Waals surface area (Å²) in [6.07, 6.45) is -1.11. The number of carbonyl (C=O) groups is 4. The second kappa shape index (κ2) is 9.55. The van der Waals surface area contributed by atoms with E-state index in [1.807, 2.05) is 13.8 Å². The Hall–Kier alpha value is -2.90. The number of carboxylic acid groups (broad SMARTS) is 2. The maximum Gasteiger partial charge on any atom is 0.336 e. The largest absolute Gasteiger partial charge is 0.478 e. The molecule has 0 radical (unpaired) electrons. The van der Waals surface area contributed by atoms with Crippen molar-refractivity contribution in [3.8, 4) is 0 Å². The summed E-state index contributed by atoms with van der Waals surface area (Å²) < 4.78 is 4.76. The van der Waals surface area contributed by atoms with Crippen LogP contribution in [-0.2, 0) is 14.3 Å². The van der Waals surface area contributed by atoms with Crippen molar-refractivity contribution in [3.63, 3.8) is 0 Å². The van der Waals surface area contributed by atoms with Crippen molar-refractivity contribution < 1.29 is 34.1 Å². The first-order chi connectivity index (χ1) is 12.0. The van der Waals surface area contributed by atoms with Crippen LogP contribution in [0.2, 0.25) is 0 Å². The van der Waals surface area contributed by atoms with Gasteiger partial charge in [0.25, 0.3) is 5.91 Å². The highest BCUT2D eigenvalue weighted by molar-refractivity contribution is 6.04. The molecule has 26 heavy (non-hydrogen) atoms. The van der Waals surface area contributed by atoms with Gasteiger partial charge in [-0.1, -0.05) is 13.8 Å². The Labute approximate surface area is 152 Å². The van der Waals surface area contributed by atoms with Gasteiger partial charge in [0, 0.05) is 12.6 Å². The Bertz CT molecular complexity index is 697. The van der Waals surface area contributed by atoms with Crippen molar-refractivity contribution in [1.29, 1.82) is 0 Å². The average Bonchev–Trinajstić information content (AvgIpc) is 2.51. The molecule has 0 unspecified atom stereocenters. The van der Waals surface area contributed by atoms with Gasteiger partial charge in [-0.3, -0.25) is 9.59 Å². The van der Waals surface area contributed by atoms with Gasteiger partial charge in [-0.2, -0.15) is 0 Å². The fraction of sp³-hybridized carbons (Fsp3) is 0.444. The molecule has 0 heterocycles. The van der Waals surface area contributed by atoms with E-state index in [2.05, 4.69) is 5.32 Å². The van der Waals surface area contributed by atoms with E-state index in [9.17, 15) is 29.4 Å². The minimum atomic E-state index is -1.30. The first-order valence-corrected chi connectivity index (χ1v) is 8.07. The standard InChI is InChI=1S/C16H19NO7.C2H6/c1-6-11(15(20)21)7(2)13(8(3)12(6)16(22)23)17-14(19)9(4)24-10(5)18;1-2/h9H,1-5H3,(H,17,19)(H,20,21)(H,22,23);1-2H3/t9-;/m0./s1. The lowest BCUT2D eigenvalue weighted by molar-refractivity contribution is -0.150. The third-order valence-corrected chi connectivity index (χ3v) is 3.64. The van der Waals surface area contributed by atoms with Crippen molar-refractivity contribution >= 4 is 29.5 Å². The zero-order chi connectivity index (χ0) is 20.8. The summed E-state index contributed by atoms with van der Waals surface area (Å²) in [5, 5.41) is 21.2. The lowest BCUT2D eigenvalue weighted by Crippen LogP contribution is -2.30. The Morgan fingerprint density at radius 3 is 1.58 bits per heavy atom. The summed E-state index contributed by atoms with van der Waals surface area (Å²) in [6.45, 7) is 10.9. The number of carboxylic acids is 2. The van der Waals surface area contributed by atoms with Crippen LogP contribution in [0.4, 0.5) is 5.69 Å². The smallest absolute Gasteiger partial charge is 0.336 e. The normalized spacial score (nSPS) is 10.9. The zero-order valence-electron chi connectivity index (χ0n) is 16.0. The molecule has 0 bridgehead atoms. The number of anilines is 1. The van der Waals surface area contributed by atoms with Crippen LogP contribution >= 0.6 is 0 Å². The molecule has 8 nitrogen and oxygen atoms in total. The molecule has 0 aromatic heterocycles. The highest BCUT2D eigenvalue weighted by atomic mass is 16.5. The predicted molar refractivity (Wildman–Crippen MR) is 95.8 cm³/mol. The number of esters is 1. The second-order valence-electron chi connectivity index (χ2n) is 5.35. The Kier molecular flexibility index (Phi) is 8.48. The molecule has 1 aromatic carbocycles. The summed E-state index contributed by atoms with van der Waals surface area (Å²) in [4.78, 5) is 46.0. The van der Waals surface area contributed by atoms with Crippen LogP contribution in [0, 0.1) is 20.8 Å². The van der Waals surface area contributed by atoms with Crippen molar-refractivity contribution in [1.82, 2.24) is 0 Å². The summed E-state index contributed by atoms with van der Waals surface area (Å²) in [6, 6.07) is 0. The molecule has 0 aliphatic heterocycles. The van der Waals surface area contributed by atoms with Crippen LogP contribution in [0.25, 0.3) is 0 Å². The summed E-state index contributed by atoms with van der Waals surface area (Å²) >= 11 is 0. The van der Waals surface area contributed by atoms with E-state index in [0.717, 1.165) is 6.92 Å². The number of hydrogen-bond donors (Lipinski definition) is 3. The third-order valence-electron chi connectivity index (χ3n) is 3.64. The lowest BCUT2D eigenvalue weighted by Gasteiger charge is -2.20. The molecule has 0 fully saturated rings. The molecule has 0 aliphatic rings. The van der Waals surface area contributed by atoms with Crippen molar-refractivity contribution in [3.05, 3.63) is 27.8 Å². The SMILES string of the molecule is CC.CC(=O)O[C@@H](C)C(=O)Nc1c(C)c(C(=O)O)c(C)c(C(=O)O)c1C. The first-order valence-electron chi connectivity index (χ1n) is 8.07. The lowest BCUT2D eigenvalue weighted by atomic mass is 9.91. The monoisotopic (exact) mass is 367 g/mol. The molecule has 0 aliphatic carbocycles. The number of hydrogen-bond acceptors (Lipinski definition) is 5. The fourth-order valence-electron chi connectivity index (χ4n) is 2.58. The highest BCUT2D eigenvalue weighted by Gasteiger charge is 2.26. The van der Waals surface area contributed by atoms with Gasteiger partial charge in [0.05, 0.1) is 11.1 Å². The number of amides is 1. The van der Waals surface area contributed by atoms with E-state index in [4.69, 9.17) is 4.74 Å². The molecule has 0 saturated carbocycles. The van der Waals surface area contributed by atoms with Gasteiger partial charge in [-0.25, -0.2) is 9.59 Å². The van der Waals surface area contributed by atoms with E-state index in [1.54, 1.807) is 0 Å². The molecule has 144 valence electrons. The maximum atomic E-state index is 12.1. The van der Waals surface area contributed by atoms with Gasteiger partial charge in [0.2, 0.25) is 0 Å². The Balaban J connectivity index is 0.00000301.